The summed E-state index contributed by atoms with van der Waals surface area (Å²) in [6, 6.07) is 12.9. The lowest BCUT2D eigenvalue weighted by atomic mass is 10.2. The van der Waals surface area contributed by atoms with Gasteiger partial charge in [-0.2, -0.15) is 5.10 Å². The molecule has 23 heavy (non-hydrogen) atoms. The second-order valence-corrected chi connectivity index (χ2v) is 4.82. The maximum atomic E-state index is 9.55. The molecule has 0 aliphatic carbocycles. The molecule has 0 saturated heterocycles. The first-order valence-electron chi connectivity index (χ1n) is 7.01. The lowest BCUT2D eigenvalue weighted by Gasteiger charge is -2.05. The SMILES string of the molecule is COc1cc(/C=N/Nc2ccc(-n3ccnc3)cc2)ccc1O. The molecule has 0 aliphatic rings. The molecule has 3 aromatic rings. The quantitative estimate of drug-likeness (QED) is 0.561. The molecular formula is C17H16N4O2. The Labute approximate surface area is 133 Å². The third-order valence-corrected chi connectivity index (χ3v) is 3.28. The second-order valence-electron chi connectivity index (χ2n) is 4.82. The molecule has 1 aromatic heterocycles. The molecule has 0 bridgehead atoms. The van der Waals surface area contributed by atoms with E-state index in [1.165, 1.54) is 7.11 Å². The normalized spacial score (nSPS) is 10.8. The number of aromatic hydroxyl groups is 1. The van der Waals surface area contributed by atoms with Gasteiger partial charge in [0.15, 0.2) is 11.5 Å². The summed E-state index contributed by atoms with van der Waals surface area (Å²) in [4.78, 5) is 4.02. The summed E-state index contributed by atoms with van der Waals surface area (Å²) in [5.41, 5.74) is 5.68. The van der Waals surface area contributed by atoms with Crippen LogP contribution in [0.2, 0.25) is 0 Å². The standard InChI is InChI=1S/C17H16N4O2/c1-23-17-10-13(2-7-16(17)22)11-19-20-14-3-5-15(6-4-14)21-9-8-18-12-21/h2-12,20,22H,1H3/b19-11+. The lowest BCUT2D eigenvalue weighted by molar-refractivity contribution is 0.373. The highest BCUT2D eigenvalue weighted by Gasteiger charge is 2.00. The van der Waals surface area contributed by atoms with Gasteiger partial charge in [-0.1, -0.05) is 0 Å². The predicted octanol–water partition coefficient (Wildman–Crippen LogP) is 3.03. The molecule has 0 unspecified atom stereocenters. The van der Waals surface area contributed by atoms with Crippen molar-refractivity contribution in [1.29, 1.82) is 0 Å². The number of benzene rings is 2. The maximum Gasteiger partial charge on any atom is 0.161 e. The number of ether oxygens (including phenoxy) is 1. The molecule has 3 rings (SSSR count). The van der Waals surface area contributed by atoms with Gasteiger partial charge in [0, 0.05) is 18.1 Å². The number of aromatic nitrogens is 2. The Morgan fingerprint density at radius 2 is 2.04 bits per heavy atom. The van der Waals surface area contributed by atoms with Crippen molar-refractivity contribution in [2.75, 3.05) is 12.5 Å². The molecule has 6 heteroatoms. The monoisotopic (exact) mass is 308 g/mol. The Kier molecular flexibility index (Phi) is 4.24. The second kappa shape index (κ2) is 6.65. The van der Waals surface area contributed by atoms with Crippen LogP contribution in [0, 0.1) is 0 Å². The van der Waals surface area contributed by atoms with Crippen LogP contribution >= 0.6 is 0 Å². The molecular weight excluding hydrogens is 292 g/mol. The summed E-state index contributed by atoms with van der Waals surface area (Å²) in [7, 11) is 1.51. The van der Waals surface area contributed by atoms with E-state index in [1.807, 2.05) is 35.0 Å². The molecule has 2 aromatic carbocycles. The first-order valence-corrected chi connectivity index (χ1v) is 7.01. The van der Waals surface area contributed by atoms with Gasteiger partial charge >= 0.3 is 0 Å². The van der Waals surface area contributed by atoms with E-state index in [0.29, 0.717) is 5.75 Å². The zero-order chi connectivity index (χ0) is 16.1. The number of phenolic OH excluding ortho intramolecular Hbond substituents is 1. The number of rotatable bonds is 5. The first kappa shape index (κ1) is 14.6. The van der Waals surface area contributed by atoms with Crippen LogP contribution in [0.15, 0.2) is 66.3 Å². The van der Waals surface area contributed by atoms with E-state index in [1.54, 1.807) is 36.9 Å². The highest BCUT2D eigenvalue weighted by atomic mass is 16.5. The Morgan fingerprint density at radius 1 is 1.22 bits per heavy atom. The van der Waals surface area contributed by atoms with Crippen LogP contribution in [-0.2, 0) is 0 Å². The Balaban J connectivity index is 1.66. The molecule has 0 radical (unpaired) electrons. The van der Waals surface area contributed by atoms with Crippen LogP contribution in [0.5, 0.6) is 11.5 Å². The summed E-state index contributed by atoms with van der Waals surface area (Å²) in [6.45, 7) is 0. The van der Waals surface area contributed by atoms with Crippen molar-refractivity contribution < 1.29 is 9.84 Å². The number of methoxy groups -OCH3 is 1. The van der Waals surface area contributed by atoms with Gasteiger partial charge < -0.3 is 14.4 Å². The van der Waals surface area contributed by atoms with Gasteiger partial charge in [0.2, 0.25) is 0 Å². The van der Waals surface area contributed by atoms with E-state index in [2.05, 4.69) is 15.5 Å². The summed E-state index contributed by atoms with van der Waals surface area (Å²) >= 11 is 0. The van der Waals surface area contributed by atoms with Gasteiger partial charge in [0.25, 0.3) is 0 Å². The molecule has 2 N–H and O–H groups in total. The number of nitrogens with one attached hydrogen (secondary N) is 1. The minimum absolute atomic E-state index is 0.104. The number of anilines is 1. The van der Waals surface area contributed by atoms with Crippen LogP contribution in [0.3, 0.4) is 0 Å². The third-order valence-electron chi connectivity index (χ3n) is 3.28. The smallest absolute Gasteiger partial charge is 0.161 e. The van der Waals surface area contributed by atoms with Crippen molar-refractivity contribution in [2.45, 2.75) is 0 Å². The minimum atomic E-state index is 0.104. The highest BCUT2D eigenvalue weighted by Crippen LogP contribution is 2.25. The molecule has 6 nitrogen and oxygen atoms in total. The van der Waals surface area contributed by atoms with E-state index in [9.17, 15) is 5.11 Å². The average molecular weight is 308 g/mol. The highest BCUT2D eigenvalue weighted by molar-refractivity contribution is 5.81. The van der Waals surface area contributed by atoms with Gasteiger partial charge in [0.1, 0.15) is 0 Å². The molecule has 116 valence electrons. The van der Waals surface area contributed by atoms with E-state index in [-0.39, 0.29) is 5.75 Å². The summed E-state index contributed by atoms with van der Waals surface area (Å²) in [5.74, 6) is 0.520. The number of imidazole rings is 1. The van der Waals surface area contributed by atoms with Crippen LogP contribution in [-0.4, -0.2) is 28.0 Å². The Bertz CT molecular complexity index is 796. The first-order chi connectivity index (χ1) is 11.3. The summed E-state index contributed by atoms with van der Waals surface area (Å²) in [6.07, 6.45) is 7.03. The fourth-order valence-corrected chi connectivity index (χ4v) is 2.08. The molecule has 1 heterocycles. The van der Waals surface area contributed by atoms with Gasteiger partial charge in [-0.05, 0) is 48.0 Å². The Hall–Kier alpha value is -3.28. The molecule has 0 spiro atoms. The predicted molar refractivity (Wildman–Crippen MR) is 89.4 cm³/mol. The fourth-order valence-electron chi connectivity index (χ4n) is 2.08. The number of hydrogen-bond donors (Lipinski definition) is 2. The van der Waals surface area contributed by atoms with Crippen LogP contribution in [0.25, 0.3) is 5.69 Å². The maximum absolute atomic E-state index is 9.55. The molecule has 0 amide bonds. The lowest BCUT2D eigenvalue weighted by Crippen LogP contribution is -1.93. The molecule has 0 aliphatic heterocycles. The fraction of sp³-hybridized carbons (Fsp3) is 0.0588. The van der Waals surface area contributed by atoms with Crippen molar-refractivity contribution in [1.82, 2.24) is 9.55 Å². The largest absolute Gasteiger partial charge is 0.504 e. The van der Waals surface area contributed by atoms with E-state index >= 15 is 0 Å². The van der Waals surface area contributed by atoms with Crippen molar-refractivity contribution in [3.05, 3.63) is 66.7 Å². The van der Waals surface area contributed by atoms with Crippen LogP contribution in [0.4, 0.5) is 5.69 Å². The van der Waals surface area contributed by atoms with E-state index < -0.39 is 0 Å². The van der Waals surface area contributed by atoms with E-state index in [0.717, 1.165) is 16.9 Å². The molecule has 0 fully saturated rings. The van der Waals surface area contributed by atoms with Gasteiger partial charge in [-0.25, -0.2) is 4.98 Å². The van der Waals surface area contributed by atoms with Crippen LogP contribution < -0.4 is 10.2 Å². The van der Waals surface area contributed by atoms with Gasteiger partial charge in [-0.15, -0.1) is 0 Å². The van der Waals surface area contributed by atoms with Crippen molar-refractivity contribution >= 4 is 11.9 Å². The summed E-state index contributed by atoms with van der Waals surface area (Å²) < 4.78 is 6.99. The summed E-state index contributed by atoms with van der Waals surface area (Å²) in [5, 5.41) is 13.7. The van der Waals surface area contributed by atoms with E-state index in [4.69, 9.17) is 4.74 Å². The number of phenols is 1. The number of hydrogen-bond acceptors (Lipinski definition) is 5. The zero-order valence-corrected chi connectivity index (χ0v) is 12.5. The topological polar surface area (TPSA) is 71.7 Å². The third kappa shape index (κ3) is 3.49. The van der Waals surface area contributed by atoms with Crippen molar-refractivity contribution in [3.63, 3.8) is 0 Å². The molecule has 0 saturated carbocycles. The van der Waals surface area contributed by atoms with Gasteiger partial charge in [0.05, 0.1) is 25.3 Å². The Morgan fingerprint density at radius 3 is 2.74 bits per heavy atom. The minimum Gasteiger partial charge on any atom is -0.504 e. The van der Waals surface area contributed by atoms with Crippen molar-refractivity contribution in [3.8, 4) is 17.2 Å². The number of nitrogens with zero attached hydrogens (tertiary/aromatic N) is 3. The van der Waals surface area contributed by atoms with Crippen LogP contribution in [0.1, 0.15) is 5.56 Å². The van der Waals surface area contributed by atoms with Crippen molar-refractivity contribution in [2.24, 2.45) is 5.10 Å². The average Bonchev–Trinajstić information content (AvgIpc) is 3.11. The zero-order valence-electron chi connectivity index (χ0n) is 12.5. The van der Waals surface area contributed by atoms with Gasteiger partial charge in [-0.3, -0.25) is 5.43 Å². The molecule has 0 atom stereocenters. The number of hydrazone groups is 1.